The fourth-order valence-corrected chi connectivity index (χ4v) is 3.15. The zero-order valence-corrected chi connectivity index (χ0v) is 12.0. The van der Waals surface area contributed by atoms with Crippen molar-refractivity contribution in [3.05, 3.63) is 35.9 Å². The first-order chi connectivity index (χ1) is 8.62. The Kier molecular flexibility index (Phi) is 4.41. The number of hydrogen-bond donors (Lipinski definition) is 0. The smallest absolute Gasteiger partial charge is 0.0333 e. The summed E-state index contributed by atoms with van der Waals surface area (Å²) in [6.07, 6.45) is 5.10. The van der Waals surface area contributed by atoms with Gasteiger partial charge in [-0.05, 0) is 58.9 Å². The topological polar surface area (TPSA) is 6.48 Å². The fourth-order valence-electron chi connectivity index (χ4n) is 3.15. The Bertz CT molecular complexity index is 361. The Labute approximate surface area is 112 Å². The predicted octanol–water partition coefficient (Wildman–Crippen LogP) is 2.65. The summed E-state index contributed by atoms with van der Waals surface area (Å²) >= 11 is 0. The van der Waals surface area contributed by atoms with E-state index >= 15 is 0 Å². The summed E-state index contributed by atoms with van der Waals surface area (Å²) in [6.45, 7) is 2.45. The second-order valence-corrected chi connectivity index (χ2v) is 5.95. The quantitative estimate of drug-likeness (QED) is 0.806. The number of likely N-dealkylation sites (N-methyl/N-ethyl adjacent to an activating group) is 2. The van der Waals surface area contributed by atoms with E-state index in [0.29, 0.717) is 5.54 Å². The van der Waals surface area contributed by atoms with Crippen molar-refractivity contribution in [3.8, 4) is 0 Å². The van der Waals surface area contributed by atoms with E-state index in [0.717, 1.165) is 0 Å². The van der Waals surface area contributed by atoms with Crippen molar-refractivity contribution in [1.82, 2.24) is 9.80 Å². The molecular weight excluding hydrogens is 220 g/mol. The summed E-state index contributed by atoms with van der Waals surface area (Å²) in [6, 6.07) is 10.9. The summed E-state index contributed by atoms with van der Waals surface area (Å²) in [5, 5.41) is 0. The molecule has 18 heavy (non-hydrogen) atoms. The Morgan fingerprint density at radius 1 is 1.22 bits per heavy atom. The summed E-state index contributed by atoms with van der Waals surface area (Å²) in [5.41, 5.74) is 1.83. The van der Waals surface area contributed by atoms with Gasteiger partial charge in [-0.2, -0.15) is 0 Å². The van der Waals surface area contributed by atoms with Crippen molar-refractivity contribution >= 4 is 0 Å². The SMILES string of the molecule is CN1CCC[C@](CCc2ccccc2)(N(C)C)C1. The molecule has 1 aliphatic heterocycles. The van der Waals surface area contributed by atoms with Crippen LogP contribution in [0.3, 0.4) is 0 Å². The number of hydrogen-bond acceptors (Lipinski definition) is 2. The van der Waals surface area contributed by atoms with Crippen LogP contribution in [0.25, 0.3) is 0 Å². The Hall–Kier alpha value is -0.860. The lowest BCUT2D eigenvalue weighted by Gasteiger charge is -2.46. The highest BCUT2D eigenvalue weighted by Crippen LogP contribution is 2.29. The van der Waals surface area contributed by atoms with Crippen molar-refractivity contribution in [2.75, 3.05) is 34.2 Å². The van der Waals surface area contributed by atoms with E-state index in [-0.39, 0.29) is 0 Å². The number of benzene rings is 1. The molecule has 0 aliphatic carbocycles. The molecule has 0 radical (unpaired) electrons. The first-order valence-corrected chi connectivity index (χ1v) is 7.02. The molecule has 2 heteroatoms. The molecule has 1 aliphatic rings. The van der Waals surface area contributed by atoms with Gasteiger partial charge in [0.05, 0.1) is 0 Å². The highest BCUT2D eigenvalue weighted by Gasteiger charge is 2.35. The fraction of sp³-hybridized carbons (Fsp3) is 0.625. The molecule has 0 saturated carbocycles. The van der Waals surface area contributed by atoms with Crippen LogP contribution in [0, 0.1) is 0 Å². The van der Waals surface area contributed by atoms with Crippen molar-refractivity contribution in [1.29, 1.82) is 0 Å². The van der Waals surface area contributed by atoms with E-state index in [2.05, 4.69) is 61.3 Å². The van der Waals surface area contributed by atoms with E-state index in [1.165, 1.54) is 44.3 Å². The molecule has 0 amide bonds. The largest absolute Gasteiger partial charge is 0.305 e. The first-order valence-electron chi connectivity index (χ1n) is 7.02. The summed E-state index contributed by atoms with van der Waals surface area (Å²) < 4.78 is 0. The first kappa shape index (κ1) is 13.6. The minimum atomic E-state index is 0.364. The van der Waals surface area contributed by atoms with Gasteiger partial charge in [0.25, 0.3) is 0 Å². The third-order valence-corrected chi connectivity index (χ3v) is 4.42. The highest BCUT2D eigenvalue weighted by atomic mass is 15.2. The van der Waals surface area contributed by atoms with Crippen molar-refractivity contribution in [2.45, 2.75) is 31.2 Å². The minimum absolute atomic E-state index is 0.364. The zero-order chi connectivity index (χ0) is 13.0. The van der Waals surface area contributed by atoms with Gasteiger partial charge in [0.1, 0.15) is 0 Å². The summed E-state index contributed by atoms with van der Waals surface area (Å²) in [7, 11) is 6.73. The molecule has 1 aromatic rings. The lowest BCUT2D eigenvalue weighted by Crippen LogP contribution is -2.55. The predicted molar refractivity (Wildman–Crippen MR) is 77.9 cm³/mol. The minimum Gasteiger partial charge on any atom is -0.305 e. The number of piperidine rings is 1. The van der Waals surface area contributed by atoms with E-state index in [1.54, 1.807) is 0 Å². The van der Waals surface area contributed by atoms with Gasteiger partial charge in [-0.3, -0.25) is 0 Å². The van der Waals surface area contributed by atoms with E-state index in [1.807, 2.05) is 0 Å². The average molecular weight is 246 g/mol. The van der Waals surface area contributed by atoms with Crippen LogP contribution in [0.15, 0.2) is 30.3 Å². The van der Waals surface area contributed by atoms with Gasteiger partial charge in [0, 0.05) is 12.1 Å². The number of nitrogens with zero attached hydrogens (tertiary/aromatic N) is 2. The van der Waals surface area contributed by atoms with Crippen LogP contribution in [0.4, 0.5) is 0 Å². The van der Waals surface area contributed by atoms with Crippen LogP contribution in [-0.2, 0) is 6.42 Å². The Balaban J connectivity index is 2.02. The van der Waals surface area contributed by atoms with Crippen LogP contribution in [0.5, 0.6) is 0 Å². The molecule has 2 rings (SSSR count). The molecular formula is C16H26N2. The number of rotatable bonds is 4. The maximum Gasteiger partial charge on any atom is 0.0333 e. The van der Waals surface area contributed by atoms with E-state index < -0.39 is 0 Å². The normalized spacial score (nSPS) is 25.6. The Morgan fingerprint density at radius 2 is 1.94 bits per heavy atom. The number of aryl methyl sites for hydroxylation is 1. The van der Waals surface area contributed by atoms with Gasteiger partial charge in [0.2, 0.25) is 0 Å². The molecule has 1 saturated heterocycles. The van der Waals surface area contributed by atoms with Crippen LogP contribution < -0.4 is 0 Å². The van der Waals surface area contributed by atoms with Gasteiger partial charge in [-0.25, -0.2) is 0 Å². The third-order valence-electron chi connectivity index (χ3n) is 4.42. The molecule has 1 atom stereocenters. The van der Waals surface area contributed by atoms with Gasteiger partial charge >= 0.3 is 0 Å². The second kappa shape index (κ2) is 5.85. The number of likely N-dealkylation sites (tertiary alicyclic amines) is 1. The van der Waals surface area contributed by atoms with Crippen LogP contribution in [-0.4, -0.2) is 49.6 Å². The molecule has 1 fully saturated rings. The molecule has 2 nitrogen and oxygen atoms in total. The average Bonchev–Trinajstić information content (AvgIpc) is 2.37. The summed E-state index contributed by atoms with van der Waals surface area (Å²) in [4.78, 5) is 4.93. The van der Waals surface area contributed by atoms with Crippen LogP contribution in [0.2, 0.25) is 0 Å². The van der Waals surface area contributed by atoms with Crippen LogP contribution >= 0.6 is 0 Å². The van der Waals surface area contributed by atoms with Crippen LogP contribution in [0.1, 0.15) is 24.8 Å². The molecule has 1 heterocycles. The standard InChI is InChI=1S/C16H26N2/c1-17(2)16(11-7-13-18(3)14-16)12-10-15-8-5-4-6-9-15/h4-6,8-9H,7,10-14H2,1-3H3/t16-/m1/s1. The van der Waals surface area contributed by atoms with Crippen molar-refractivity contribution in [3.63, 3.8) is 0 Å². The van der Waals surface area contributed by atoms with Gasteiger partial charge in [-0.1, -0.05) is 30.3 Å². The molecule has 0 aromatic heterocycles. The maximum absolute atomic E-state index is 2.48. The molecule has 0 unspecified atom stereocenters. The molecule has 0 N–H and O–H groups in total. The lowest BCUT2D eigenvalue weighted by atomic mass is 9.82. The van der Waals surface area contributed by atoms with Gasteiger partial charge in [-0.15, -0.1) is 0 Å². The molecule has 1 aromatic carbocycles. The second-order valence-electron chi connectivity index (χ2n) is 5.95. The molecule has 0 spiro atoms. The van der Waals surface area contributed by atoms with Crippen molar-refractivity contribution in [2.24, 2.45) is 0 Å². The molecule has 100 valence electrons. The lowest BCUT2D eigenvalue weighted by molar-refractivity contribution is 0.0493. The Morgan fingerprint density at radius 3 is 2.56 bits per heavy atom. The zero-order valence-electron chi connectivity index (χ0n) is 12.0. The van der Waals surface area contributed by atoms with Gasteiger partial charge in [0.15, 0.2) is 0 Å². The van der Waals surface area contributed by atoms with Gasteiger partial charge < -0.3 is 9.80 Å². The summed E-state index contributed by atoms with van der Waals surface area (Å²) in [5.74, 6) is 0. The van der Waals surface area contributed by atoms with E-state index in [4.69, 9.17) is 0 Å². The van der Waals surface area contributed by atoms with Crippen molar-refractivity contribution < 1.29 is 0 Å². The highest BCUT2D eigenvalue weighted by molar-refractivity contribution is 5.15. The molecule has 0 bridgehead atoms. The monoisotopic (exact) mass is 246 g/mol. The van der Waals surface area contributed by atoms with E-state index in [9.17, 15) is 0 Å². The maximum atomic E-state index is 2.48. The third kappa shape index (κ3) is 3.12.